The summed E-state index contributed by atoms with van der Waals surface area (Å²) in [4.78, 5) is 26.3. The Morgan fingerprint density at radius 2 is 1.35 bits per heavy atom. The van der Waals surface area contributed by atoms with Crippen molar-refractivity contribution in [2.75, 3.05) is 0 Å². The van der Waals surface area contributed by atoms with E-state index in [4.69, 9.17) is 0 Å². The molecule has 0 aliphatic heterocycles. The maximum Gasteiger partial charge on any atom is 0.417 e. The summed E-state index contributed by atoms with van der Waals surface area (Å²) in [6.45, 7) is 0. The van der Waals surface area contributed by atoms with Crippen LogP contribution in [0.15, 0.2) is 41.2 Å². The second kappa shape index (κ2) is 7.85. The number of pyridine rings is 1. The number of hydrogen-bond acceptors (Lipinski definition) is 3. The number of H-pyrrole nitrogens is 1. The molecular weight excluding hydrogens is 442 g/mol. The van der Waals surface area contributed by atoms with Crippen LogP contribution in [-0.2, 0) is 6.18 Å². The highest BCUT2D eigenvalue weighted by Crippen LogP contribution is 2.34. The van der Waals surface area contributed by atoms with Crippen molar-refractivity contribution in [2.24, 2.45) is 0 Å². The maximum atomic E-state index is 13.7. The minimum atomic E-state index is -5.32. The Bertz CT molecular complexity index is 1210. The van der Waals surface area contributed by atoms with Crippen LogP contribution in [0.25, 0.3) is 11.3 Å². The molecule has 4 nitrogen and oxygen atoms in total. The van der Waals surface area contributed by atoms with Crippen LogP contribution in [0, 0.1) is 29.1 Å². The van der Waals surface area contributed by atoms with Gasteiger partial charge in [-0.15, -0.1) is 0 Å². The quantitative estimate of drug-likeness (QED) is 0.202. The van der Waals surface area contributed by atoms with E-state index in [1.165, 1.54) is 24.3 Å². The van der Waals surface area contributed by atoms with Crippen molar-refractivity contribution < 1.29 is 44.7 Å². The fourth-order valence-electron chi connectivity index (χ4n) is 2.58. The number of benzene rings is 2. The average molecular weight is 449 g/mol. The van der Waals surface area contributed by atoms with Gasteiger partial charge in [0.15, 0.2) is 0 Å². The largest absolute Gasteiger partial charge is 0.417 e. The number of esters is 1. The van der Waals surface area contributed by atoms with Crippen molar-refractivity contribution >= 4 is 5.97 Å². The van der Waals surface area contributed by atoms with Crippen molar-refractivity contribution in [3.05, 3.63) is 87.0 Å². The number of aromatic amines is 1. The highest BCUT2D eigenvalue weighted by molar-refractivity contribution is 5.93. The van der Waals surface area contributed by atoms with Crippen LogP contribution in [0.2, 0.25) is 0 Å². The SMILES string of the molecule is O=C(Oc1c(F)c(F)c(F)c(F)c1F)c1c(C(F)(F)F)cc(-c2ccccc2)[nH]c1=O. The third-order valence-electron chi connectivity index (χ3n) is 3.99. The summed E-state index contributed by atoms with van der Waals surface area (Å²) in [5, 5.41) is 0. The molecule has 0 spiro atoms. The Kier molecular flexibility index (Phi) is 5.57. The Hall–Kier alpha value is -3.70. The smallest absolute Gasteiger partial charge is 0.416 e. The van der Waals surface area contributed by atoms with Gasteiger partial charge in [-0.3, -0.25) is 4.79 Å². The van der Waals surface area contributed by atoms with Crippen molar-refractivity contribution in [1.82, 2.24) is 4.98 Å². The number of carbonyl (C=O) groups excluding carboxylic acids is 1. The van der Waals surface area contributed by atoms with Crippen molar-refractivity contribution in [1.29, 1.82) is 0 Å². The standard InChI is InChI=1S/C19H7F8NO3/c20-11-12(21)14(23)16(15(24)13(11)22)31-18(30)10-8(19(25,26)27)6-9(28-17(10)29)7-4-2-1-3-5-7/h1-6H,(H,28,29). The number of alkyl halides is 3. The van der Waals surface area contributed by atoms with E-state index in [9.17, 15) is 44.7 Å². The zero-order chi connectivity index (χ0) is 23.1. The molecule has 3 aromatic rings. The first-order chi connectivity index (χ1) is 14.4. The molecule has 1 N–H and O–H groups in total. The first-order valence-corrected chi connectivity index (χ1v) is 8.07. The number of aromatic nitrogens is 1. The van der Waals surface area contributed by atoms with E-state index in [1.807, 2.05) is 4.98 Å². The summed E-state index contributed by atoms with van der Waals surface area (Å²) in [6.07, 6.45) is -5.32. The van der Waals surface area contributed by atoms with Crippen LogP contribution >= 0.6 is 0 Å². The molecule has 12 heteroatoms. The monoisotopic (exact) mass is 449 g/mol. The molecule has 31 heavy (non-hydrogen) atoms. The van der Waals surface area contributed by atoms with Crippen LogP contribution < -0.4 is 10.3 Å². The lowest BCUT2D eigenvalue weighted by atomic mass is 10.0. The molecular formula is C19H7F8NO3. The summed E-state index contributed by atoms with van der Waals surface area (Å²) in [6, 6.07) is 7.50. The van der Waals surface area contributed by atoms with E-state index in [-0.39, 0.29) is 11.3 Å². The lowest BCUT2D eigenvalue weighted by Crippen LogP contribution is -2.28. The first-order valence-electron chi connectivity index (χ1n) is 8.07. The number of rotatable bonds is 3. The second-order valence-corrected chi connectivity index (χ2v) is 5.95. The maximum absolute atomic E-state index is 13.7. The zero-order valence-corrected chi connectivity index (χ0v) is 14.7. The predicted octanol–water partition coefficient (Wildman–Crippen LogP) is 4.98. The normalized spacial score (nSPS) is 11.5. The summed E-state index contributed by atoms with van der Waals surface area (Å²) in [5.74, 6) is -17.2. The fourth-order valence-corrected chi connectivity index (χ4v) is 2.58. The molecule has 162 valence electrons. The van der Waals surface area contributed by atoms with Crippen LogP contribution in [0.4, 0.5) is 35.1 Å². The molecule has 0 aliphatic rings. The molecule has 1 heterocycles. The summed E-state index contributed by atoms with van der Waals surface area (Å²) < 4.78 is 111. The molecule has 0 atom stereocenters. The Balaban J connectivity index is 2.16. The molecule has 0 saturated heterocycles. The molecule has 0 fully saturated rings. The van der Waals surface area contributed by atoms with Crippen molar-refractivity contribution in [3.8, 4) is 17.0 Å². The molecule has 0 saturated carbocycles. The van der Waals surface area contributed by atoms with Gasteiger partial charge in [-0.05, 0) is 11.6 Å². The summed E-state index contributed by atoms with van der Waals surface area (Å²) in [7, 11) is 0. The number of hydrogen-bond donors (Lipinski definition) is 1. The number of nitrogens with one attached hydrogen (secondary N) is 1. The van der Waals surface area contributed by atoms with Crippen molar-refractivity contribution in [3.63, 3.8) is 0 Å². The zero-order valence-electron chi connectivity index (χ0n) is 14.7. The predicted molar refractivity (Wildman–Crippen MR) is 88.7 cm³/mol. The molecule has 0 amide bonds. The minimum Gasteiger partial charge on any atom is -0.416 e. The van der Waals surface area contributed by atoms with Gasteiger partial charge in [-0.25, -0.2) is 18.0 Å². The molecule has 3 rings (SSSR count). The van der Waals surface area contributed by atoms with Gasteiger partial charge in [0.05, 0.1) is 5.56 Å². The fraction of sp³-hybridized carbons (Fsp3) is 0.0526. The van der Waals surface area contributed by atoms with E-state index in [0.717, 1.165) is 0 Å². The molecule has 0 unspecified atom stereocenters. The topological polar surface area (TPSA) is 59.2 Å². The van der Waals surface area contributed by atoms with E-state index in [2.05, 4.69) is 4.74 Å². The molecule has 1 aromatic heterocycles. The Morgan fingerprint density at radius 3 is 1.87 bits per heavy atom. The van der Waals surface area contributed by atoms with Crippen LogP contribution in [0.3, 0.4) is 0 Å². The van der Waals surface area contributed by atoms with Gasteiger partial charge in [0.2, 0.25) is 34.8 Å². The van der Waals surface area contributed by atoms with E-state index < -0.39 is 63.7 Å². The van der Waals surface area contributed by atoms with Gasteiger partial charge in [-0.2, -0.15) is 22.0 Å². The van der Waals surface area contributed by atoms with Gasteiger partial charge in [0.1, 0.15) is 5.56 Å². The second-order valence-electron chi connectivity index (χ2n) is 5.95. The highest BCUT2D eigenvalue weighted by Gasteiger charge is 2.39. The molecule has 0 radical (unpaired) electrons. The Labute approximate surface area is 166 Å². The summed E-state index contributed by atoms with van der Waals surface area (Å²) >= 11 is 0. The van der Waals surface area contributed by atoms with Gasteiger partial charge in [-0.1, -0.05) is 30.3 Å². The highest BCUT2D eigenvalue weighted by atomic mass is 19.4. The molecule has 2 aromatic carbocycles. The van der Waals surface area contributed by atoms with E-state index >= 15 is 0 Å². The first kappa shape index (κ1) is 22.0. The summed E-state index contributed by atoms with van der Waals surface area (Å²) in [5.41, 5.74) is -5.47. The van der Waals surface area contributed by atoms with Crippen molar-refractivity contribution in [2.45, 2.75) is 6.18 Å². The number of ether oxygens (including phenoxy) is 1. The minimum absolute atomic E-state index is 0.129. The third kappa shape index (κ3) is 4.00. The number of carbonyl (C=O) groups is 1. The lowest BCUT2D eigenvalue weighted by Gasteiger charge is -2.14. The van der Waals surface area contributed by atoms with Crippen LogP contribution in [0.1, 0.15) is 15.9 Å². The Morgan fingerprint density at radius 1 is 0.839 bits per heavy atom. The van der Waals surface area contributed by atoms with Gasteiger partial charge in [0, 0.05) is 5.69 Å². The average Bonchev–Trinajstić information content (AvgIpc) is 2.73. The van der Waals surface area contributed by atoms with Gasteiger partial charge in [0.25, 0.3) is 5.56 Å². The van der Waals surface area contributed by atoms with Crippen LogP contribution in [-0.4, -0.2) is 11.0 Å². The van der Waals surface area contributed by atoms with E-state index in [0.29, 0.717) is 6.07 Å². The van der Waals surface area contributed by atoms with Gasteiger partial charge >= 0.3 is 12.1 Å². The van der Waals surface area contributed by atoms with Gasteiger partial charge < -0.3 is 9.72 Å². The van der Waals surface area contributed by atoms with Crippen LogP contribution in [0.5, 0.6) is 5.75 Å². The molecule has 0 bridgehead atoms. The molecule has 0 aliphatic carbocycles. The number of halogens is 8. The lowest BCUT2D eigenvalue weighted by molar-refractivity contribution is -0.138. The van der Waals surface area contributed by atoms with E-state index in [1.54, 1.807) is 6.07 Å². The third-order valence-corrected chi connectivity index (χ3v) is 3.99.